The van der Waals surface area contributed by atoms with Crippen molar-refractivity contribution in [3.8, 4) is 48.8 Å². The van der Waals surface area contributed by atoms with Gasteiger partial charge in [-0.3, -0.25) is 0 Å². The zero-order valence-corrected chi connectivity index (χ0v) is 51.9. The average molecular weight is 1530 g/mol. The van der Waals surface area contributed by atoms with Crippen LogP contribution in [0.3, 0.4) is 0 Å². The van der Waals surface area contributed by atoms with Gasteiger partial charge in [-0.2, -0.15) is 149 Å². The number of aryl methyl sites for hydroxylation is 2. The Balaban J connectivity index is 1.70. The summed E-state index contributed by atoms with van der Waals surface area (Å²) in [6.07, 6.45) is -15.3. The molecular formula is C54H40F34S6. The largest absolute Gasteiger partial charge is 0.460 e. The van der Waals surface area contributed by atoms with E-state index in [0.717, 1.165) is 42.5 Å². The fourth-order valence-electron chi connectivity index (χ4n) is 9.10. The molecule has 0 N–H and O–H groups in total. The molecule has 0 amide bonds. The molecule has 0 aromatic carbocycles. The first-order chi connectivity index (χ1) is 42.3. The van der Waals surface area contributed by atoms with E-state index in [9.17, 15) is 79.0 Å². The third kappa shape index (κ3) is 12.2. The molecule has 0 fully saturated rings. The second kappa shape index (κ2) is 25.5. The lowest BCUT2D eigenvalue weighted by molar-refractivity contribution is -0.462. The minimum Gasteiger partial charge on any atom is -0.194 e. The molecule has 94 heavy (non-hydrogen) atoms. The Morgan fingerprint density at radius 1 is 0.255 bits per heavy atom. The summed E-state index contributed by atoms with van der Waals surface area (Å²) < 4.78 is 503. The van der Waals surface area contributed by atoms with Crippen molar-refractivity contribution in [2.75, 3.05) is 0 Å². The number of hydrogen-bond acceptors (Lipinski definition) is 6. The summed E-state index contributed by atoms with van der Waals surface area (Å²) >= 11 is 1.17. The van der Waals surface area contributed by atoms with Crippen LogP contribution in [0.25, 0.3) is 48.8 Å². The predicted octanol–water partition coefficient (Wildman–Crippen LogP) is 26.2. The Labute approximate surface area is 531 Å². The Hall–Kier alpha value is -4.18. The van der Waals surface area contributed by atoms with E-state index >= 15 is 70.2 Å². The van der Waals surface area contributed by atoms with Crippen molar-refractivity contribution in [2.45, 2.75) is 187 Å². The monoisotopic (exact) mass is 1530 g/mol. The maximum atomic E-state index is 17.0. The molecule has 0 bridgehead atoms. The van der Waals surface area contributed by atoms with Crippen molar-refractivity contribution in [2.24, 2.45) is 0 Å². The van der Waals surface area contributed by atoms with E-state index in [1.54, 1.807) is 13.8 Å². The molecule has 40 heteroatoms. The van der Waals surface area contributed by atoms with E-state index < -0.39 is 158 Å². The third-order valence-corrected chi connectivity index (χ3v) is 22.0. The number of rotatable bonds is 29. The number of unbranched alkanes of at least 4 members (excludes halogenated alkanes) is 6. The lowest BCUT2D eigenvalue weighted by Gasteiger charge is -2.42. The zero-order valence-electron chi connectivity index (χ0n) is 47.0. The van der Waals surface area contributed by atoms with Gasteiger partial charge >= 0.3 is 95.3 Å². The molecule has 0 saturated heterocycles. The van der Waals surface area contributed by atoms with Gasteiger partial charge in [0.1, 0.15) is 0 Å². The van der Waals surface area contributed by atoms with Crippen LogP contribution in [0.15, 0.2) is 48.5 Å². The van der Waals surface area contributed by atoms with Crippen LogP contribution in [-0.4, -0.2) is 83.4 Å². The van der Waals surface area contributed by atoms with Crippen LogP contribution in [0.1, 0.15) is 97.2 Å². The number of halogens is 34. The highest BCUT2D eigenvalue weighted by molar-refractivity contribution is 7.30. The molecule has 6 aromatic heterocycles. The van der Waals surface area contributed by atoms with Crippen LogP contribution in [0.4, 0.5) is 149 Å². The summed E-state index contributed by atoms with van der Waals surface area (Å²) in [6.45, 7) is 5.95. The normalized spacial score (nSPS) is 14.9. The molecule has 0 unspecified atom stereocenters. The van der Waals surface area contributed by atoms with Gasteiger partial charge in [0.25, 0.3) is 0 Å². The molecule has 0 spiro atoms. The van der Waals surface area contributed by atoms with E-state index in [2.05, 4.69) is 0 Å². The molecule has 0 radical (unpaired) electrons. The Kier molecular flexibility index (Phi) is 21.4. The van der Waals surface area contributed by atoms with Crippen molar-refractivity contribution in [3.63, 3.8) is 0 Å². The maximum Gasteiger partial charge on any atom is 0.460 e. The lowest BCUT2D eigenvalue weighted by Crippen LogP contribution is -2.74. The standard InChI is InChI=1S/C54H40F34S6/c1-5-7-9-11-13-25-26(14-12-10-8-6-2)36(94-35(25)33-21-27(37(92-33)31-18-16-24(4)90-31)39(55,56)41(59,60)43(63,64)45(67,68)47(71,72)49(75,76)51(79,80)53(83,84)85)34-22-28(38(93-34)32-20-19-30(91-32)29-17-15-23(3)89-29)40(57,58)42(61,62)44(65,66)46(69,70)48(73,74)50(77,78)52(81,82)54(86,87)88/h15-22H,5-14H2,1-4H3. The molecule has 0 nitrogen and oxygen atoms in total. The maximum absolute atomic E-state index is 17.0. The van der Waals surface area contributed by atoms with Gasteiger partial charge in [-0.15, -0.1) is 68.0 Å². The van der Waals surface area contributed by atoms with Gasteiger partial charge in [0.05, 0.1) is 9.75 Å². The summed E-state index contributed by atoms with van der Waals surface area (Å²) in [5.74, 6) is -119. The molecular weight excluding hydrogens is 1490 g/mol. The minimum atomic E-state index is -9.03. The molecule has 6 heterocycles. The molecule has 0 atom stereocenters. The van der Waals surface area contributed by atoms with Crippen LogP contribution in [0.2, 0.25) is 0 Å². The van der Waals surface area contributed by atoms with Crippen LogP contribution in [-0.2, 0) is 24.7 Å². The van der Waals surface area contributed by atoms with Crippen molar-refractivity contribution < 1.29 is 149 Å². The van der Waals surface area contributed by atoms with E-state index in [1.807, 2.05) is 0 Å². The van der Waals surface area contributed by atoms with Gasteiger partial charge < -0.3 is 0 Å². The first-order valence-corrected chi connectivity index (χ1v) is 31.3. The lowest BCUT2D eigenvalue weighted by atomic mass is 9.87. The topological polar surface area (TPSA) is 0 Å². The van der Waals surface area contributed by atoms with Crippen LogP contribution < -0.4 is 0 Å². The van der Waals surface area contributed by atoms with Gasteiger partial charge in [-0.1, -0.05) is 52.4 Å². The number of thiophene rings is 6. The fourth-order valence-corrected chi connectivity index (χ4v) is 16.2. The highest BCUT2D eigenvalue weighted by Gasteiger charge is 2.97. The van der Waals surface area contributed by atoms with Gasteiger partial charge in [0.15, 0.2) is 0 Å². The van der Waals surface area contributed by atoms with Gasteiger partial charge in [-0.25, -0.2) is 0 Å². The molecule has 0 aliphatic rings. The van der Waals surface area contributed by atoms with Crippen molar-refractivity contribution in [3.05, 3.63) is 80.5 Å². The van der Waals surface area contributed by atoms with Crippen molar-refractivity contribution in [1.29, 1.82) is 0 Å². The first-order valence-electron chi connectivity index (χ1n) is 26.4. The molecule has 0 aliphatic heterocycles. The molecule has 6 aromatic rings. The molecule has 0 saturated carbocycles. The summed E-state index contributed by atoms with van der Waals surface area (Å²) in [7, 11) is 0. The van der Waals surface area contributed by atoms with E-state index in [1.165, 1.54) is 19.1 Å². The Bertz CT molecular complexity index is 3610. The Morgan fingerprint density at radius 2 is 0.521 bits per heavy atom. The molecule has 0 aliphatic carbocycles. The second-order valence-electron chi connectivity index (χ2n) is 21.1. The van der Waals surface area contributed by atoms with Crippen LogP contribution in [0.5, 0.6) is 0 Å². The molecule has 6 rings (SSSR count). The first kappa shape index (κ1) is 78.8. The predicted molar refractivity (Wildman–Crippen MR) is 285 cm³/mol. The summed E-state index contributed by atoms with van der Waals surface area (Å²) in [4.78, 5) is -6.95. The highest BCUT2D eigenvalue weighted by atomic mass is 32.1. The summed E-state index contributed by atoms with van der Waals surface area (Å²) in [5.41, 5.74) is -5.81. The molecule has 530 valence electrons. The average Bonchev–Trinajstić information content (AvgIpc) is 0.778. The smallest absolute Gasteiger partial charge is 0.194 e. The zero-order chi connectivity index (χ0) is 72.2. The van der Waals surface area contributed by atoms with Gasteiger partial charge in [0.2, 0.25) is 0 Å². The quantitative estimate of drug-likeness (QED) is 0.0324. The van der Waals surface area contributed by atoms with Gasteiger partial charge in [-0.05, 0) is 99.2 Å². The minimum absolute atomic E-state index is 0.00845. The van der Waals surface area contributed by atoms with Gasteiger partial charge in [0, 0.05) is 59.9 Å². The number of hydrogen-bond donors (Lipinski definition) is 0. The summed E-state index contributed by atoms with van der Waals surface area (Å²) in [6, 6.07) is 5.86. The highest BCUT2D eigenvalue weighted by Crippen LogP contribution is 2.69. The summed E-state index contributed by atoms with van der Waals surface area (Å²) in [5, 5.41) is 0. The van der Waals surface area contributed by atoms with Crippen LogP contribution in [0, 0.1) is 13.8 Å². The van der Waals surface area contributed by atoms with E-state index in [4.69, 9.17) is 0 Å². The second-order valence-corrected chi connectivity index (χ2v) is 27.9. The van der Waals surface area contributed by atoms with E-state index in [0.29, 0.717) is 41.9 Å². The van der Waals surface area contributed by atoms with E-state index in [-0.39, 0.29) is 109 Å². The SMILES string of the molecule is CCCCCCc1c(-c2cc(C(F)(F)C(F)(F)C(F)(F)C(F)(F)C(F)(F)C(F)(F)C(F)(F)C(F)(F)F)c(-c3ccc(C)s3)s2)sc(-c2cc(C(F)(F)C(F)(F)C(F)(F)C(F)(F)C(F)(F)C(F)(F)C(F)(F)C(F)(F)F)c(-c3ccc(-c4ccc(C)s4)s3)s2)c1CCCCCC. The number of alkyl halides is 34. The fraction of sp³-hybridized carbons (Fsp3) is 0.556. The van der Waals surface area contributed by atoms with Crippen molar-refractivity contribution in [1.82, 2.24) is 0 Å². The third-order valence-electron chi connectivity index (χ3n) is 14.5. The van der Waals surface area contributed by atoms with Crippen LogP contribution >= 0.6 is 68.0 Å². The Morgan fingerprint density at radius 3 is 0.819 bits per heavy atom. The van der Waals surface area contributed by atoms with Crippen molar-refractivity contribution >= 4 is 68.0 Å².